The van der Waals surface area contributed by atoms with E-state index in [9.17, 15) is 0 Å². The normalized spacial score (nSPS) is 11.5. The molecule has 0 saturated heterocycles. The molecule has 0 aliphatic heterocycles. The summed E-state index contributed by atoms with van der Waals surface area (Å²) in [6.07, 6.45) is 0. The van der Waals surface area contributed by atoms with E-state index in [2.05, 4.69) is 133 Å². The van der Waals surface area contributed by atoms with Gasteiger partial charge < -0.3 is 0 Å². The minimum atomic E-state index is 0.932. The molecule has 4 heterocycles. The molecule has 4 nitrogen and oxygen atoms in total. The third-order valence-electron chi connectivity index (χ3n) is 9.16. The van der Waals surface area contributed by atoms with Gasteiger partial charge in [0, 0.05) is 44.1 Å². The summed E-state index contributed by atoms with van der Waals surface area (Å²) in [4.78, 5) is 19.9. The molecule has 0 unspecified atom stereocenters. The molecule has 0 aliphatic carbocycles. The van der Waals surface area contributed by atoms with E-state index in [1.807, 2.05) is 26.0 Å². The van der Waals surface area contributed by atoms with Gasteiger partial charge in [0.25, 0.3) is 0 Å². The molecule has 0 atom stereocenters. The highest BCUT2D eigenvalue weighted by atomic mass is 14.8. The molecule has 0 radical (unpaired) electrons. The number of aromatic nitrogens is 4. The van der Waals surface area contributed by atoms with Crippen LogP contribution in [0.4, 0.5) is 0 Å². The highest BCUT2D eigenvalue weighted by Gasteiger charge is 2.11. The maximum absolute atomic E-state index is 5.12. The lowest BCUT2D eigenvalue weighted by Gasteiger charge is -2.11. The van der Waals surface area contributed by atoms with Crippen molar-refractivity contribution in [2.45, 2.75) is 13.8 Å². The summed E-state index contributed by atoms with van der Waals surface area (Å²) < 4.78 is 0. The maximum atomic E-state index is 5.12. The van der Waals surface area contributed by atoms with Gasteiger partial charge in [0.1, 0.15) is 0 Å². The third-order valence-corrected chi connectivity index (χ3v) is 9.16. The van der Waals surface area contributed by atoms with E-state index in [0.29, 0.717) is 0 Å². The molecular weight excluding hydrogens is 585 g/mol. The predicted molar refractivity (Wildman–Crippen MR) is 199 cm³/mol. The molecular formula is C44H30N4. The number of aryl methyl sites for hydroxylation is 2. The molecule has 0 bridgehead atoms. The highest BCUT2D eigenvalue weighted by Crippen LogP contribution is 2.33. The number of hydrogen-bond donors (Lipinski definition) is 0. The van der Waals surface area contributed by atoms with Crippen LogP contribution in [-0.2, 0) is 0 Å². The van der Waals surface area contributed by atoms with Crippen LogP contribution in [-0.4, -0.2) is 19.9 Å². The van der Waals surface area contributed by atoms with Crippen LogP contribution in [0.25, 0.3) is 88.4 Å². The minimum Gasteiger partial charge on any atom is -0.251 e. The van der Waals surface area contributed by atoms with E-state index >= 15 is 0 Å². The van der Waals surface area contributed by atoms with E-state index in [-0.39, 0.29) is 0 Å². The van der Waals surface area contributed by atoms with Crippen molar-refractivity contribution in [1.82, 2.24) is 19.9 Å². The van der Waals surface area contributed by atoms with Crippen LogP contribution in [0, 0.1) is 13.8 Å². The summed E-state index contributed by atoms with van der Waals surface area (Å²) in [5, 5.41) is 4.39. The van der Waals surface area contributed by atoms with Crippen molar-refractivity contribution in [3.63, 3.8) is 0 Å². The van der Waals surface area contributed by atoms with Gasteiger partial charge in [0.05, 0.1) is 33.5 Å². The Bertz CT molecular complexity index is 2530. The fourth-order valence-electron chi connectivity index (χ4n) is 6.65. The van der Waals surface area contributed by atoms with E-state index in [4.69, 9.17) is 19.9 Å². The molecule has 226 valence electrons. The number of fused-ring (bicyclic) bond motifs is 6. The lowest BCUT2D eigenvalue weighted by atomic mass is 9.96. The predicted octanol–water partition coefficient (Wildman–Crippen LogP) is 11.2. The van der Waals surface area contributed by atoms with Crippen molar-refractivity contribution in [3.8, 4) is 44.8 Å². The van der Waals surface area contributed by atoms with Gasteiger partial charge in [-0.05, 0) is 78.6 Å². The number of benzene rings is 5. The van der Waals surface area contributed by atoms with Gasteiger partial charge in [0.15, 0.2) is 0 Å². The lowest BCUT2D eigenvalue weighted by Crippen LogP contribution is -1.91. The van der Waals surface area contributed by atoms with Gasteiger partial charge in [-0.25, -0.2) is 9.97 Å². The second-order valence-electron chi connectivity index (χ2n) is 12.5. The highest BCUT2D eigenvalue weighted by molar-refractivity contribution is 6.04. The topological polar surface area (TPSA) is 51.6 Å². The Morgan fingerprint density at radius 2 is 0.583 bits per heavy atom. The first kappa shape index (κ1) is 28.0. The summed E-state index contributed by atoms with van der Waals surface area (Å²) in [6, 6.07) is 51.3. The van der Waals surface area contributed by atoms with Crippen molar-refractivity contribution >= 4 is 43.6 Å². The number of rotatable bonds is 4. The van der Waals surface area contributed by atoms with E-state index in [1.165, 1.54) is 0 Å². The summed E-state index contributed by atoms with van der Waals surface area (Å²) in [5.74, 6) is 0. The molecule has 0 fully saturated rings. The second-order valence-corrected chi connectivity index (χ2v) is 12.5. The molecule has 5 aromatic carbocycles. The summed E-state index contributed by atoms with van der Waals surface area (Å²) >= 11 is 0. The van der Waals surface area contributed by atoms with Gasteiger partial charge >= 0.3 is 0 Å². The van der Waals surface area contributed by atoms with Crippen LogP contribution in [0.5, 0.6) is 0 Å². The molecule has 9 aromatic rings. The van der Waals surface area contributed by atoms with Crippen LogP contribution in [0.1, 0.15) is 11.4 Å². The molecule has 9 rings (SSSR count). The molecule has 0 amide bonds. The van der Waals surface area contributed by atoms with Gasteiger partial charge in [-0.2, -0.15) is 0 Å². The van der Waals surface area contributed by atoms with E-state index in [1.54, 1.807) is 0 Å². The van der Waals surface area contributed by atoms with Crippen molar-refractivity contribution < 1.29 is 0 Å². The Labute approximate surface area is 278 Å². The number of hydrogen-bond acceptors (Lipinski definition) is 4. The first-order valence-electron chi connectivity index (χ1n) is 16.2. The molecule has 0 spiro atoms. The van der Waals surface area contributed by atoms with Crippen LogP contribution < -0.4 is 0 Å². The fraction of sp³-hybridized carbons (Fsp3) is 0.0455. The van der Waals surface area contributed by atoms with Crippen molar-refractivity contribution in [1.29, 1.82) is 0 Å². The Balaban J connectivity index is 1.07. The summed E-state index contributed by atoms with van der Waals surface area (Å²) in [6.45, 7) is 4.05. The Morgan fingerprint density at radius 3 is 0.979 bits per heavy atom. The molecule has 0 aliphatic rings. The Morgan fingerprint density at radius 1 is 0.292 bits per heavy atom. The van der Waals surface area contributed by atoms with Crippen LogP contribution >= 0.6 is 0 Å². The van der Waals surface area contributed by atoms with Crippen molar-refractivity contribution in [2.75, 3.05) is 0 Å². The third kappa shape index (κ3) is 4.95. The van der Waals surface area contributed by atoms with E-state index in [0.717, 1.165) is 99.8 Å². The molecule has 4 aromatic heterocycles. The quantitative estimate of drug-likeness (QED) is 0.185. The van der Waals surface area contributed by atoms with Gasteiger partial charge in [-0.15, -0.1) is 0 Å². The lowest BCUT2D eigenvalue weighted by molar-refractivity contribution is 1.25. The summed E-state index contributed by atoms with van der Waals surface area (Å²) in [5.41, 5.74) is 14.3. The van der Waals surface area contributed by atoms with Crippen LogP contribution in [0.15, 0.2) is 146 Å². The van der Waals surface area contributed by atoms with Gasteiger partial charge in [-0.3, -0.25) is 9.97 Å². The average molecular weight is 615 g/mol. The Kier molecular flexibility index (Phi) is 6.54. The van der Waals surface area contributed by atoms with Crippen LogP contribution in [0.3, 0.4) is 0 Å². The molecule has 0 saturated carbocycles. The second kappa shape index (κ2) is 11.2. The zero-order chi connectivity index (χ0) is 32.2. The van der Waals surface area contributed by atoms with Gasteiger partial charge in [-0.1, -0.05) is 103 Å². The number of pyridine rings is 4. The average Bonchev–Trinajstić information content (AvgIpc) is 3.14. The smallest absolute Gasteiger partial charge is 0.0972 e. The Hall–Kier alpha value is -6.26. The fourth-order valence-corrected chi connectivity index (χ4v) is 6.65. The zero-order valence-electron chi connectivity index (χ0n) is 26.6. The van der Waals surface area contributed by atoms with Crippen molar-refractivity contribution in [2.24, 2.45) is 0 Å². The SMILES string of the molecule is Cc1ccc2ccc3ccc(-c4cccc(-c5cccc(-c6cccc(-c7ccc8ccc9ccc(C)nc9c8n7)c6)c5)c4)nc3c2n1. The van der Waals surface area contributed by atoms with Crippen LogP contribution in [0.2, 0.25) is 0 Å². The largest absolute Gasteiger partial charge is 0.251 e. The summed E-state index contributed by atoms with van der Waals surface area (Å²) in [7, 11) is 0. The number of nitrogens with zero attached hydrogens (tertiary/aromatic N) is 4. The van der Waals surface area contributed by atoms with E-state index < -0.39 is 0 Å². The standard InChI is InChI=1S/C44H30N4/c1-27-12-14-29-16-18-31-20-22-39(47-43(31)41(29)45-27)37-10-4-8-35(25-37)33-6-3-7-34(24-33)36-9-5-11-38(26-36)40-23-21-32-19-17-30-15-13-28(2)46-42(30)44(32)48-40/h3-26H,1-2H3. The van der Waals surface area contributed by atoms with Crippen molar-refractivity contribution in [3.05, 3.63) is 157 Å². The maximum Gasteiger partial charge on any atom is 0.0972 e. The molecule has 0 N–H and O–H groups in total. The van der Waals surface area contributed by atoms with Gasteiger partial charge in [0.2, 0.25) is 0 Å². The first-order valence-corrected chi connectivity index (χ1v) is 16.2. The monoisotopic (exact) mass is 614 g/mol. The molecule has 4 heteroatoms. The first-order chi connectivity index (χ1) is 23.6. The zero-order valence-corrected chi connectivity index (χ0v) is 26.6. The molecule has 48 heavy (non-hydrogen) atoms. The minimum absolute atomic E-state index is 0.932.